The number of amides is 2. The lowest BCUT2D eigenvalue weighted by atomic mass is 9.93. The maximum atomic E-state index is 11.6. The normalized spacial score (nSPS) is 12.4. The van der Waals surface area contributed by atoms with Crippen molar-refractivity contribution in [1.82, 2.24) is 15.5 Å². The van der Waals surface area contributed by atoms with Gasteiger partial charge in [0.2, 0.25) is 0 Å². The first-order valence-electron chi connectivity index (χ1n) is 6.36. The van der Waals surface area contributed by atoms with E-state index in [1.165, 1.54) is 0 Å². The van der Waals surface area contributed by atoms with Gasteiger partial charge in [0.1, 0.15) is 0 Å². The highest BCUT2D eigenvalue weighted by Crippen LogP contribution is 2.14. The Labute approximate surface area is 115 Å². The number of carbonyl (C=O) groups is 2. The lowest BCUT2D eigenvalue weighted by Crippen LogP contribution is -2.47. The third-order valence-electron chi connectivity index (χ3n) is 2.74. The number of aliphatic carboxylic acids is 1. The molecule has 0 saturated heterocycles. The molecule has 0 fully saturated rings. The van der Waals surface area contributed by atoms with E-state index < -0.39 is 11.4 Å². The van der Waals surface area contributed by atoms with Crippen molar-refractivity contribution in [3.05, 3.63) is 0 Å². The zero-order valence-electron chi connectivity index (χ0n) is 12.8. The van der Waals surface area contributed by atoms with Crippen LogP contribution in [0.5, 0.6) is 0 Å². The van der Waals surface area contributed by atoms with Gasteiger partial charge in [0.15, 0.2) is 0 Å². The van der Waals surface area contributed by atoms with Crippen LogP contribution in [0.1, 0.15) is 27.7 Å². The molecule has 19 heavy (non-hydrogen) atoms. The van der Waals surface area contributed by atoms with Gasteiger partial charge in [-0.05, 0) is 33.4 Å². The van der Waals surface area contributed by atoms with Crippen LogP contribution < -0.4 is 10.6 Å². The minimum absolute atomic E-state index is 0.0385. The van der Waals surface area contributed by atoms with Crippen LogP contribution in [-0.2, 0) is 4.79 Å². The largest absolute Gasteiger partial charge is 0.481 e. The number of urea groups is 1. The maximum Gasteiger partial charge on any atom is 0.314 e. The molecule has 6 nitrogen and oxygen atoms in total. The Morgan fingerprint density at radius 2 is 1.53 bits per heavy atom. The lowest BCUT2D eigenvalue weighted by molar-refractivity contribution is -0.146. The summed E-state index contributed by atoms with van der Waals surface area (Å²) in [5.74, 6) is -0.930. The number of carboxylic acid groups (broad SMARTS) is 1. The Morgan fingerprint density at radius 1 is 1.05 bits per heavy atom. The highest BCUT2D eigenvalue weighted by atomic mass is 16.4. The molecule has 2 amide bonds. The summed E-state index contributed by atoms with van der Waals surface area (Å²) in [4.78, 5) is 24.6. The first-order chi connectivity index (χ1) is 8.46. The molecule has 0 aliphatic rings. The number of nitrogens with zero attached hydrogens (tertiary/aromatic N) is 1. The van der Waals surface area contributed by atoms with Crippen molar-refractivity contribution in [2.24, 2.45) is 10.8 Å². The fourth-order valence-corrected chi connectivity index (χ4v) is 1.67. The topological polar surface area (TPSA) is 81.7 Å². The van der Waals surface area contributed by atoms with Gasteiger partial charge in [-0.15, -0.1) is 0 Å². The monoisotopic (exact) mass is 273 g/mol. The van der Waals surface area contributed by atoms with Crippen molar-refractivity contribution < 1.29 is 14.7 Å². The summed E-state index contributed by atoms with van der Waals surface area (Å²) >= 11 is 0. The minimum Gasteiger partial charge on any atom is -0.481 e. The van der Waals surface area contributed by atoms with Crippen LogP contribution in [0.25, 0.3) is 0 Å². The quantitative estimate of drug-likeness (QED) is 0.646. The Balaban J connectivity index is 4.10. The van der Waals surface area contributed by atoms with E-state index in [2.05, 4.69) is 29.4 Å². The molecule has 0 aliphatic heterocycles. The highest BCUT2D eigenvalue weighted by Gasteiger charge is 2.27. The predicted molar refractivity (Wildman–Crippen MR) is 75.2 cm³/mol. The molecule has 0 aromatic rings. The average molecular weight is 273 g/mol. The van der Waals surface area contributed by atoms with Gasteiger partial charge in [-0.2, -0.15) is 0 Å². The number of carboxylic acids is 1. The van der Waals surface area contributed by atoms with Gasteiger partial charge in [-0.25, -0.2) is 4.79 Å². The van der Waals surface area contributed by atoms with Gasteiger partial charge in [0.25, 0.3) is 0 Å². The SMILES string of the molecule is CN(C)CC(C)(C)CNC(=O)NCC(C)(C)C(=O)O. The Morgan fingerprint density at radius 3 is 1.95 bits per heavy atom. The molecule has 6 heteroatoms. The molecule has 0 unspecified atom stereocenters. The molecule has 112 valence electrons. The van der Waals surface area contributed by atoms with Crippen LogP contribution in [0.15, 0.2) is 0 Å². The van der Waals surface area contributed by atoms with Gasteiger partial charge in [-0.3, -0.25) is 4.79 Å². The van der Waals surface area contributed by atoms with Crippen LogP contribution in [0.2, 0.25) is 0 Å². The summed E-state index contributed by atoms with van der Waals surface area (Å²) in [6, 6.07) is -0.332. The highest BCUT2D eigenvalue weighted by molar-refractivity contribution is 5.77. The van der Waals surface area contributed by atoms with E-state index in [1.54, 1.807) is 13.8 Å². The van der Waals surface area contributed by atoms with Crippen LogP contribution in [-0.4, -0.2) is 55.7 Å². The second kappa shape index (κ2) is 6.75. The zero-order valence-corrected chi connectivity index (χ0v) is 12.8. The summed E-state index contributed by atoms with van der Waals surface area (Å²) in [5, 5.41) is 14.3. The van der Waals surface area contributed by atoms with Gasteiger partial charge in [0, 0.05) is 19.6 Å². The molecule has 0 atom stereocenters. The first-order valence-corrected chi connectivity index (χ1v) is 6.36. The Hall–Kier alpha value is -1.30. The fraction of sp³-hybridized carbons (Fsp3) is 0.846. The standard InChI is InChI=1S/C13H27N3O3/c1-12(2,9-16(5)6)7-14-11(19)15-8-13(3,4)10(17)18/h7-9H2,1-6H3,(H,17,18)(H2,14,15,19). The molecule has 0 aliphatic carbocycles. The van der Waals surface area contributed by atoms with Crippen LogP contribution in [0.4, 0.5) is 4.79 Å². The second-order valence-electron chi connectivity index (χ2n) is 6.63. The molecule has 0 bridgehead atoms. The summed E-state index contributed by atoms with van der Waals surface area (Å²) in [6.45, 7) is 8.76. The average Bonchev–Trinajstić information content (AvgIpc) is 2.21. The number of rotatable bonds is 7. The molecule has 0 heterocycles. The van der Waals surface area contributed by atoms with Crippen molar-refractivity contribution in [3.8, 4) is 0 Å². The van der Waals surface area contributed by atoms with Gasteiger partial charge >= 0.3 is 12.0 Å². The van der Waals surface area contributed by atoms with Crippen molar-refractivity contribution in [1.29, 1.82) is 0 Å². The van der Waals surface area contributed by atoms with Crippen molar-refractivity contribution in [2.75, 3.05) is 33.7 Å². The molecule has 3 N–H and O–H groups in total. The molecule has 0 radical (unpaired) electrons. The number of hydrogen-bond donors (Lipinski definition) is 3. The molecule has 0 spiro atoms. The first kappa shape index (κ1) is 17.7. The Bertz CT molecular complexity index is 325. The van der Waals surface area contributed by atoms with E-state index in [-0.39, 0.29) is 18.0 Å². The Kier molecular flexibility index (Phi) is 6.29. The smallest absolute Gasteiger partial charge is 0.314 e. The summed E-state index contributed by atoms with van der Waals surface area (Å²) < 4.78 is 0. The van der Waals surface area contributed by atoms with Crippen molar-refractivity contribution >= 4 is 12.0 Å². The van der Waals surface area contributed by atoms with E-state index in [0.29, 0.717) is 6.54 Å². The number of hydrogen-bond acceptors (Lipinski definition) is 3. The molecule has 0 saturated carbocycles. The molecule has 0 aromatic heterocycles. The van der Waals surface area contributed by atoms with Crippen molar-refractivity contribution in [2.45, 2.75) is 27.7 Å². The molecular formula is C13H27N3O3. The predicted octanol–water partition coefficient (Wildman–Crippen LogP) is 0.984. The van der Waals surface area contributed by atoms with Crippen molar-refractivity contribution in [3.63, 3.8) is 0 Å². The second-order valence-corrected chi connectivity index (χ2v) is 6.63. The van der Waals surface area contributed by atoms with E-state index >= 15 is 0 Å². The number of carbonyl (C=O) groups excluding carboxylic acids is 1. The molecular weight excluding hydrogens is 246 g/mol. The van der Waals surface area contributed by atoms with E-state index in [4.69, 9.17) is 5.11 Å². The van der Waals surface area contributed by atoms with Crippen LogP contribution in [0.3, 0.4) is 0 Å². The van der Waals surface area contributed by atoms with E-state index in [1.807, 2.05) is 14.1 Å². The maximum absolute atomic E-state index is 11.6. The molecule has 0 rings (SSSR count). The third kappa shape index (κ3) is 7.66. The minimum atomic E-state index is -0.962. The zero-order chi connectivity index (χ0) is 15.3. The lowest BCUT2D eigenvalue weighted by Gasteiger charge is -2.28. The van der Waals surface area contributed by atoms with Gasteiger partial charge in [0.05, 0.1) is 5.41 Å². The fourth-order valence-electron chi connectivity index (χ4n) is 1.67. The van der Waals surface area contributed by atoms with Gasteiger partial charge in [-0.1, -0.05) is 13.8 Å². The summed E-state index contributed by atoms with van der Waals surface area (Å²) in [7, 11) is 3.97. The van der Waals surface area contributed by atoms with E-state index in [0.717, 1.165) is 6.54 Å². The molecule has 0 aromatic carbocycles. The van der Waals surface area contributed by atoms with Crippen LogP contribution >= 0.6 is 0 Å². The summed E-state index contributed by atoms with van der Waals surface area (Å²) in [6.07, 6.45) is 0. The number of nitrogens with one attached hydrogen (secondary N) is 2. The third-order valence-corrected chi connectivity index (χ3v) is 2.74. The van der Waals surface area contributed by atoms with E-state index in [9.17, 15) is 9.59 Å². The van der Waals surface area contributed by atoms with Gasteiger partial charge < -0.3 is 20.6 Å². The summed E-state index contributed by atoms with van der Waals surface area (Å²) in [5.41, 5.74) is -1.00. The van der Waals surface area contributed by atoms with Crippen LogP contribution in [0, 0.1) is 10.8 Å².